The van der Waals surface area contributed by atoms with Crippen LogP contribution in [0.25, 0.3) is 10.8 Å². The summed E-state index contributed by atoms with van der Waals surface area (Å²) in [6.45, 7) is 6.12. The fraction of sp³-hybridized carbons (Fsp3) is 0.217. The predicted molar refractivity (Wildman–Crippen MR) is 243 cm³/mol. The van der Waals surface area contributed by atoms with E-state index in [0.717, 1.165) is 22.9 Å². The van der Waals surface area contributed by atoms with Crippen LogP contribution in [0.4, 0.5) is 33.4 Å². The number of carbonyl (C=O) groups excluding carboxylic acids is 2. The molecule has 0 unspecified atom stereocenters. The van der Waals surface area contributed by atoms with Gasteiger partial charge in [0.25, 0.3) is 5.91 Å². The van der Waals surface area contributed by atoms with E-state index in [-0.39, 0.29) is 36.0 Å². The number of nitrogens with one attached hydrogen (secondary N) is 3. The van der Waals surface area contributed by atoms with Crippen molar-refractivity contribution in [2.45, 2.75) is 45.2 Å². The van der Waals surface area contributed by atoms with Crippen molar-refractivity contribution in [1.82, 2.24) is 10.3 Å². The number of nitrogens with zero attached hydrogens (tertiary/aromatic N) is 2. The van der Waals surface area contributed by atoms with Crippen LogP contribution >= 0.6 is 0 Å². The number of hydrogen-bond acceptors (Lipinski definition) is 11. The number of aliphatic carboxylic acids is 1. The van der Waals surface area contributed by atoms with Gasteiger partial charge in [0.1, 0.15) is 29.1 Å². The molecule has 0 aliphatic rings. The third-order valence-electron chi connectivity index (χ3n) is 9.92. The van der Waals surface area contributed by atoms with Gasteiger partial charge in [0.05, 0.1) is 43.1 Å². The molecule has 0 aliphatic heterocycles. The van der Waals surface area contributed by atoms with Crippen LogP contribution in [0.2, 0.25) is 0 Å². The Morgan fingerprint density at radius 3 is 2.17 bits per heavy atom. The number of benzene rings is 5. The van der Waals surface area contributed by atoms with Crippen LogP contribution < -0.4 is 45.9 Å². The summed E-state index contributed by atoms with van der Waals surface area (Å²) in [5, 5.41) is 16.4. The van der Waals surface area contributed by atoms with Gasteiger partial charge in [-0.1, -0.05) is 69.3 Å². The van der Waals surface area contributed by atoms with Crippen LogP contribution in [-0.4, -0.2) is 62.9 Å². The molecule has 6 aromatic rings. The molecular formula is C46H49N7O9S. The molecule has 1 heterocycles. The number of primary amides is 1. The van der Waals surface area contributed by atoms with Crippen molar-refractivity contribution in [3.63, 3.8) is 0 Å². The Hall–Kier alpha value is -7.37. The van der Waals surface area contributed by atoms with Crippen molar-refractivity contribution >= 4 is 67.3 Å². The number of carboxylic acid groups (broad SMARTS) is 1. The minimum absolute atomic E-state index is 0.102. The third-order valence-corrected chi connectivity index (χ3v) is 10.5. The number of aromatic nitrogens is 1. The highest BCUT2D eigenvalue weighted by molar-refractivity contribution is 7.92. The molecule has 63 heavy (non-hydrogen) atoms. The highest BCUT2D eigenvalue weighted by atomic mass is 32.2. The van der Waals surface area contributed by atoms with E-state index in [4.69, 9.17) is 30.8 Å². The van der Waals surface area contributed by atoms with Gasteiger partial charge in [0.2, 0.25) is 10.0 Å². The van der Waals surface area contributed by atoms with Crippen LogP contribution in [0.15, 0.2) is 109 Å². The summed E-state index contributed by atoms with van der Waals surface area (Å²) in [4.78, 5) is 43.4. The predicted octanol–water partition coefficient (Wildman–Crippen LogP) is 7.56. The Balaban J connectivity index is 1.23. The highest BCUT2D eigenvalue weighted by Gasteiger charge is 2.28. The second-order valence-electron chi connectivity index (χ2n) is 15.7. The van der Waals surface area contributed by atoms with Crippen molar-refractivity contribution in [1.29, 1.82) is 0 Å². The summed E-state index contributed by atoms with van der Waals surface area (Å²) in [7, 11) is -0.885. The molecule has 0 aliphatic carbocycles. The molecule has 8 N–H and O–H groups in total. The first kappa shape index (κ1) is 45.2. The first-order chi connectivity index (χ1) is 29.8. The number of amides is 3. The van der Waals surface area contributed by atoms with E-state index >= 15 is 0 Å². The van der Waals surface area contributed by atoms with Crippen LogP contribution in [-0.2, 0) is 33.2 Å². The molecule has 16 nitrogen and oxygen atoms in total. The van der Waals surface area contributed by atoms with Crippen LogP contribution in [0.3, 0.4) is 0 Å². The summed E-state index contributed by atoms with van der Waals surface area (Å²) in [6.07, 6.45) is 2.80. The van der Waals surface area contributed by atoms with Crippen LogP contribution in [0.5, 0.6) is 23.0 Å². The number of pyridine rings is 1. The normalized spacial score (nSPS) is 11.9. The Kier molecular flexibility index (Phi) is 13.4. The third kappa shape index (κ3) is 10.9. The molecule has 0 saturated heterocycles. The number of carbonyl (C=O) groups is 3. The molecule has 328 valence electrons. The van der Waals surface area contributed by atoms with Gasteiger partial charge >= 0.3 is 12.0 Å². The largest absolute Gasteiger partial charge is 0.496 e. The van der Waals surface area contributed by atoms with E-state index in [9.17, 15) is 22.8 Å². The minimum Gasteiger partial charge on any atom is -0.496 e. The zero-order valence-electron chi connectivity index (χ0n) is 35.6. The summed E-state index contributed by atoms with van der Waals surface area (Å²) in [5.41, 5.74) is 15.3. The quantitative estimate of drug-likeness (QED) is 0.0553. The second-order valence-corrected chi connectivity index (χ2v) is 17.4. The zero-order chi connectivity index (χ0) is 45.6. The maximum atomic E-state index is 13.4. The number of carboxylic acids is 1. The first-order valence-electron chi connectivity index (χ1n) is 19.6. The highest BCUT2D eigenvalue weighted by Crippen LogP contribution is 2.46. The molecule has 0 saturated carbocycles. The van der Waals surface area contributed by atoms with Crippen molar-refractivity contribution in [3.05, 3.63) is 132 Å². The van der Waals surface area contributed by atoms with Crippen molar-refractivity contribution in [2.24, 2.45) is 11.5 Å². The summed E-state index contributed by atoms with van der Waals surface area (Å²) in [5.74, 6) is 0.333. The fourth-order valence-electron chi connectivity index (χ4n) is 6.80. The molecule has 1 aromatic heterocycles. The van der Waals surface area contributed by atoms with Crippen molar-refractivity contribution in [3.8, 4) is 23.0 Å². The Labute approximate surface area is 365 Å². The van der Waals surface area contributed by atoms with Gasteiger partial charge in [-0.25, -0.2) is 18.2 Å². The summed E-state index contributed by atoms with van der Waals surface area (Å²) >= 11 is 0. The number of nitrogens with two attached hydrogens (primary N) is 2. The van der Waals surface area contributed by atoms with Crippen molar-refractivity contribution < 1.29 is 42.1 Å². The summed E-state index contributed by atoms with van der Waals surface area (Å²) < 4.78 is 45.1. The minimum atomic E-state index is -3.74. The topological polar surface area (TPSA) is 238 Å². The van der Waals surface area contributed by atoms with E-state index in [1.165, 1.54) is 19.1 Å². The molecule has 3 amide bonds. The lowest BCUT2D eigenvalue weighted by Crippen LogP contribution is -2.32. The van der Waals surface area contributed by atoms with Gasteiger partial charge in [-0.15, -0.1) is 0 Å². The molecular weight excluding hydrogens is 827 g/mol. The monoisotopic (exact) mass is 875 g/mol. The number of anilines is 5. The van der Waals surface area contributed by atoms with E-state index in [0.29, 0.717) is 50.8 Å². The van der Waals surface area contributed by atoms with Gasteiger partial charge in [0.15, 0.2) is 5.75 Å². The lowest BCUT2D eigenvalue weighted by Gasteiger charge is -2.29. The molecule has 0 bridgehead atoms. The van der Waals surface area contributed by atoms with Crippen LogP contribution in [0.1, 0.15) is 47.8 Å². The lowest BCUT2D eigenvalue weighted by atomic mass is 9.86. The van der Waals surface area contributed by atoms with Crippen molar-refractivity contribution in [2.75, 3.05) is 35.4 Å². The smallest absolute Gasteiger partial charge is 0.324 e. The molecule has 17 heteroatoms. The second kappa shape index (κ2) is 18.7. The van der Waals surface area contributed by atoms with E-state index in [1.54, 1.807) is 85.1 Å². The van der Waals surface area contributed by atoms with Gasteiger partial charge in [-0.05, 0) is 71.0 Å². The average molecular weight is 876 g/mol. The number of sulfonamides is 1. The zero-order valence-corrected chi connectivity index (χ0v) is 36.4. The first-order valence-corrected chi connectivity index (χ1v) is 21.5. The molecule has 0 spiro atoms. The number of methoxy groups -OCH3 is 2. The molecule has 6 rings (SSSR count). The standard InChI is InChI=1S/C46H49N7O9S/c1-46(2,3)29-22-36(52-63(6,58)59)42(61-5)38(23-29)53(45(48)57)37-17-18-39(33-10-8-7-9-32(33)37)62-31-19-20-49-41(25-31)51-30-15-16-34(40(24-30)60-4)43(54)50-26-28-13-11-27(12-14-28)21-35(47)44(55)56/h7-20,22-25,35,52H,21,26,47H2,1-6H3,(H2,48,57)(H,49,51)(H,50,54)(H,55,56)/t35-/m0/s1. The van der Waals surface area contributed by atoms with Gasteiger partial charge < -0.3 is 41.4 Å². The fourth-order valence-corrected chi connectivity index (χ4v) is 7.35. The van der Waals surface area contributed by atoms with Gasteiger partial charge in [-0.3, -0.25) is 19.2 Å². The van der Waals surface area contributed by atoms with E-state index < -0.39 is 33.5 Å². The van der Waals surface area contributed by atoms with E-state index in [1.807, 2.05) is 45.0 Å². The maximum absolute atomic E-state index is 13.4. The molecule has 1 atom stereocenters. The molecule has 0 radical (unpaired) electrons. The SMILES string of the molecule is COc1cc(Nc2cc(Oc3ccc(N(C(N)=O)c4cc(C(C)(C)C)cc(NS(C)(=O)=O)c4OC)c4ccccc34)ccn2)ccc1C(=O)NCc1ccc(C[C@H](N)C(=O)O)cc1. The Bertz CT molecular complexity index is 2790. The number of rotatable bonds is 16. The Morgan fingerprint density at radius 2 is 1.54 bits per heavy atom. The average Bonchev–Trinajstić information content (AvgIpc) is 3.23. The number of fused-ring (bicyclic) bond motifs is 1. The Morgan fingerprint density at radius 1 is 0.841 bits per heavy atom. The maximum Gasteiger partial charge on any atom is 0.324 e. The number of urea groups is 1. The lowest BCUT2D eigenvalue weighted by molar-refractivity contribution is -0.138. The molecule has 5 aromatic carbocycles. The number of ether oxygens (including phenoxy) is 3. The van der Waals surface area contributed by atoms with Gasteiger partial charge in [0, 0.05) is 41.3 Å². The molecule has 0 fully saturated rings. The van der Waals surface area contributed by atoms with Gasteiger partial charge in [-0.2, -0.15) is 0 Å². The number of hydrogen-bond donors (Lipinski definition) is 6. The van der Waals surface area contributed by atoms with E-state index in [2.05, 4.69) is 20.3 Å². The summed E-state index contributed by atoms with van der Waals surface area (Å²) in [6, 6.07) is 27.9. The van der Waals surface area contributed by atoms with Crippen LogP contribution in [0, 0.1) is 0 Å².